The number of nitrogens with one attached hydrogen (secondary N) is 1. The van der Waals surface area contributed by atoms with Crippen molar-refractivity contribution >= 4 is 46.0 Å². The van der Waals surface area contributed by atoms with Gasteiger partial charge in [0.2, 0.25) is 0 Å². The van der Waals surface area contributed by atoms with Gasteiger partial charge in [-0.25, -0.2) is 10.4 Å². The number of amides is 1. The Morgan fingerprint density at radius 3 is 2.72 bits per heavy atom. The summed E-state index contributed by atoms with van der Waals surface area (Å²) >= 11 is 7.50. The van der Waals surface area contributed by atoms with Crippen LogP contribution < -0.4 is 5.43 Å². The molecule has 0 fully saturated rings. The number of halogens is 1. The Morgan fingerprint density at radius 2 is 1.96 bits per heavy atom. The van der Waals surface area contributed by atoms with Gasteiger partial charge in [-0.3, -0.25) is 4.79 Å². The van der Waals surface area contributed by atoms with Crippen molar-refractivity contribution in [3.8, 4) is 0 Å². The number of thioether (sulfide) groups is 1. The number of fused-ring (bicyclic) bond motifs is 1. The number of nitrogens with zero attached hydrogens (tertiary/aromatic N) is 3. The first-order chi connectivity index (χ1) is 12.1. The normalized spacial score (nSPS) is 11.7. The predicted molar refractivity (Wildman–Crippen MR) is 103 cm³/mol. The Morgan fingerprint density at radius 1 is 1.24 bits per heavy atom. The highest BCUT2D eigenvalue weighted by molar-refractivity contribution is 7.99. The molecule has 3 aromatic rings. The fraction of sp³-hybridized carbons (Fsp3) is 0.167. The van der Waals surface area contributed by atoms with Crippen LogP contribution in [0.1, 0.15) is 12.5 Å². The summed E-state index contributed by atoms with van der Waals surface area (Å²) in [6.07, 6.45) is 0. The fourth-order valence-electron chi connectivity index (χ4n) is 2.38. The molecule has 1 aromatic heterocycles. The van der Waals surface area contributed by atoms with Crippen molar-refractivity contribution in [1.29, 1.82) is 0 Å². The number of carbonyl (C=O) groups excluding carboxylic acids is 1. The molecule has 7 heteroatoms. The number of carbonyl (C=O) groups is 1. The van der Waals surface area contributed by atoms with Gasteiger partial charge in [0.05, 0.1) is 22.5 Å². The van der Waals surface area contributed by atoms with Crippen molar-refractivity contribution in [3.05, 3.63) is 59.1 Å². The standard InChI is InChI=1S/C18H17ClN4OS/c1-12(13-7-3-4-8-14(13)19)21-22-17(24)11-25-18-20-15-9-5-6-10-16(15)23(18)2/h3-10H,11H2,1-2H3,(H,22,24)/b21-12-. The van der Waals surface area contributed by atoms with Crippen LogP contribution in [0, 0.1) is 0 Å². The topological polar surface area (TPSA) is 59.3 Å². The number of hydrogen-bond acceptors (Lipinski definition) is 4. The first kappa shape index (κ1) is 17.5. The maximum Gasteiger partial charge on any atom is 0.250 e. The van der Waals surface area contributed by atoms with E-state index < -0.39 is 0 Å². The van der Waals surface area contributed by atoms with E-state index in [-0.39, 0.29) is 11.7 Å². The molecule has 0 unspecified atom stereocenters. The van der Waals surface area contributed by atoms with Gasteiger partial charge in [-0.15, -0.1) is 0 Å². The van der Waals surface area contributed by atoms with Gasteiger partial charge in [-0.2, -0.15) is 5.10 Å². The van der Waals surface area contributed by atoms with Crippen LogP contribution in [-0.2, 0) is 11.8 Å². The maximum atomic E-state index is 12.1. The largest absolute Gasteiger partial charge is 0.322 e. The molecule has 0 aliphatic rings. The van der Waals surface area contributed by atoms with Crippen LogP contribution in [0.5, 0.6) is 0 Å². The van der Waals surface area contributed by atoms with Crippen LogP contribution in [0.25, 0.3) is 11.0 Å². The maximum absolute atomic E-state index is 12.1. The zero-order valence-corrected chi connectivity index (χ0v) is 15.4. The molecule has 1 heterocycles. The number of para-hydroxylation sites is 2. The third-order valence-electron chi connectivity index (χ3n) is 3.69. The number of hydrogen-bond donors (Lipinski definition) is 1. The van der Waals surface area contributed by atoms with Crippen molar-refractivity contribution in [3.63, 3.8) is 0 Å². The summed E-state index contributed by atoms with van der Waals surface area (Å²) in [6, 6.07) is 15.3. The van der Waals surface area contributed by atoms with Gasteiger partial charge in [-0.1, -0.05) is 53.7 Å². The van der Waals surface area contributed by atoms with Gasteiger partial charge in [0.25, 0.3) is 5.91 Å². The highest BCUT2D eigenvalue weighted by atomic mass is 35.5. The lowest BCUT2D eigenvalue weighted by molar-refractivity contribution is -0.118. The van der Waals surface area contributed by atoms with E-state index in [0.29, 0.717) is 10.7 Å². The Balaban J connectivity index is 1.62. The molecule has 1 N–H and O–H groups in total. The number of aryl methyl sites for hydroxylation is 1. The summed E-state index contributed by atoms with van der Waals surface area (Å²) < 4.78 is 1.98. The molecule has 0 saturated heterocycles. The molecule has 0 aliphatic heterocycles. The molecule has 3 rings (SSSR count). The minimum Gasteiger partial charge on any atom is -0.322 e. The summed E-state index contributed by atoms with van der Waals surface area (Å²) in [6.45, 7) is 1.81. The zero-order chi connectivity index (χ0) is 17.8. The van der Waals surface area contributed by atoms with E-state index in [2.05, 4.69) is 15.5 Å². The fourth-order valence-corrected chi connectivity index (χ4v) is 3.43. The number of aromatic nitrogens is 2. The van der Waals surface area contributed by atoms with E-state index >= 15 is 0 Å². The summed E-state index contributed by atoms with van der Waals surface area (Å²) in [5.41, 5.74) is 5.98. The Bertz CT molecular complexity index is 951. The molecule has 0 spiro atoms. The molecule has 128 valence electrons. The Kier molecular flexibility index (Phi) is 5.40. The minimum absolute atomic E-state index is 0.191. The van der Waals surface area contributed by atoms with Crippen molar-refractivity contribution in [2.24, 2.45) is 12.1 Å². The summed E-state index contributed by atoms with van der Waals surface area (Å²) in [5.74, 6) is 0.0414. The van der Waals surface area contributed by atoms with E-state index in [1.807, 2.05) is 54.1 Å². The second-order valence-electron chi connectivity index (χ2n) is 5.44. The lowest BCUT2D eigenvalue weighted by Gasteiger charge is -2.05. The monoisotopic (exact) mass is 372 g/mol. The number of rotatable bonds is 5. The van der Waals surface area contributed by atoms with E-state index in [1.54, 1.807) is 13.0 Å². The van der Waals surface area contributed by atoms with Crippen LogP contribution in [0.4, 0.5) is 0 Å². The first-order valence-corrected chi connectivity index (χ1v) is 9.05. The number of benzene rings is 2. The smallest absolute Gasteiger partial charge is 0.250 e. The second kappa shape index (κ2) is 7.72. The molecule has 25 heavy (non-hydrogen) atoms. The van der Waals surface area contributed by atoms with Crippen LogP contribution in [0.3, 0.4) is 0 Å². The van der Waals surface area contributed by atoms with Gasteiger partial charge in [0.15, 0.2) is 5.16 Å². The third kappa shape index (κ3) is 4.03. The molecule has 1 amide bonds. The molecule has 0 bridgehead atoms. The summed E-state index contributed by atoms with van der Waals surface area (Å²) in [5, 5.41) is 5.52. The average molecular weight is 373 g/mol. The quantitative estimate of drug-likeness (QED) is 0.420. The minimum atomic E-state index is -0.191. The van der Waals surface area contributed by atoms with Crippen molar-refractivity contribution in [2.75, 3.05) is 5.75 Å². The zero-order valence-electron chi connectivity index (χ0n) is 13.9. The van der Waals surface area contributed by atoms with Crippen molar-refractivity contribution < 1.29 is 4.79 Å². The SMILES string of the molecule is C/C(=N/NC(=O)CSc1nc2ccccc2n1C)c1ccccc1Cl. The molecule has 0 radical (unpaired) electrons. The number of hydrazone groups is 1. The Labute approximate surface area is 155 Å². The molecular formula is C18H17ClN4OS. The van der Waals surface area contributed by atoms with Crippen LogP contribution in [0.2, 0.25) is 5.02 Å². The summed E-state index contributed by atoms with van der Waals surface area (Å²) in [7, 11) is 1.94. The lowest BCUT2D eigenvalue weighted by Crippen LogP contribution is -2.21. The number of imidazole rings is 1. The van der Waals surface area contributed by atoms with Gasteiger partial charge in [0, 0.05) is 17.6 Å². The highest BCUT2D eigenvalue weighted by Gasteiger charge is 2.10. The van der Waals surface area contributed by atoms with Gasteiger partial charge < -0.3 is 4.57 Å². The van der Waals surface area contributed by atoms with Crippen molar-refractivity contribution in [1.82, 2.24) is 15.0 Å². The van der Waals surface area contributed by atoms with Gasteiger partial charge in [-0.05, 0) is 25.1 Å². The van der Waals surface area contributed by atoms with Crippen LogP contribution in [-0.4, -0.2) is 26.9 Å². The molecule has 5 nitrogen and oxygen atoms in total. The van der Waals surface area contributed by atoms with E-state index in [0.717, 1.165) is 21.8 Å². The molecule has 0 saturated carbocycles. The first-order valence-electron chi connectivity index (χ1n) is 7.68. The molecule has 0 aliphatic carbocycles. The van der Waals surface area contributed by atoms with Crippen molar-refractivity contribution in [2.45, 2.75) is 12.1 Å². The average Bonchev–Trinajstić information content (AvgIpc) is 2.94. The second-order valence-corrected chi connectivity index (χ2v) is 6.79. The van der Waals surface area contributed by atoms with Crippen LogP contribution in [0.15, 0.2) is 58.8 Å². The third-order valence-corrected chi connectivity index (χ3v) is 5.05. The lowest BCUT2D eigenvalue weighted by atomic mass is 10.1. The molecule has 0 atom stereocenters. The summed E-state index contributed by atoms with van der Waals surface area (Å²) in [4.78, 5) is 16.6. The van der Waals surface area contributed by atoms with Gasteiger partial charge in [0.1, 0.15) is 0 Å². The van der Waals surface area contributed by atoms with Gasteiger partial charge >= 0.3 is 0 Å². The molecular weight excluding hydrogens is 356 g/mol. The Hall–Kier alpha value is -2.31. The molecule has 2 aromatic carbocycles. The van der Waals surface area contributed by atoms with E-state index in [1.165, 1.54) is 11.8 Å². The van der Waals surface area contributed by atoms with E-state index in [9.17, 15) is 4.79 Å². The van der Waals surface area contributed by atoms with Crippen LogP contribution >= 0.6 is 23.4 Å². The highest BCUT2D eigenvalue weighted by Crippen LogP contribution is 2.22. The van der Waals surface area contributed by atoms with E-state index in [4.69, 9.17) is 11.6 Å². The predicted octanol–water partition coefficient (Wildman–Crippen LogP) is 3.86.